The Bertz CT molecular complexity index is 1120. The van der Waals surface area contributed by atoms with Crippen molar-refractivity contribution in [1.29, 1.82) is 0 Å². The van der Waals surface area contributed by atoms with Crippen molar-refractivity contribution in [3.8, 4) is 0 Å². The van der Waals surface area contributed by atoms with E-state index in [-0.39, 0.29) is 24.5 Å². The molecule has 0 aliphatic carbocycles. The summed E-state index contributed by atoms with van der Waals surface area (Å²) in [6, 6.07) is 11.1. The lowest BCUT2D eigenvalue weighted by Crippen LogP contribution is -2.55. The van der Waals surface area contributed by atoms with Crippen molar-refractivity contribution in [2.24, 2.45) is 5.92 Å². The average molecular weight is 530 g/mol. The highest BCUT2D eigenvalue weighted by Crippen LogP contribution is 2.27. The number of benzene rings is 2. The van der Waals surface area contributed by atoms with Gasteiger partial charge in [-0.3, -0.25) is 19.7 Å². The van der Waals surface area contributed by atoms with E-state index >= 15 is 0 Å². The summed E-state index contributed by atoms with van der Waals surface area (Å²) in [5.41, 5.74) is 0.786. The van der Waals surface area contributed by atoms with Gasteiger partial charge in [0.05, 0.1) is 18.0 Å². The first-order valence-corrected chi connectivity index (χ1v) is 11.9. The first-order valence-electron chi connectivity index (χ1n) is 11.9. The number of carboxylic acid groups (broad SMARTS) is 1. The van der Waals surface area contributed by atoms with Crippen molar-refractivity contribution in [3.05, 3.63) is 75.8 Å². The van der Waals surface area contributed by atoms with Crippen LogP contribution in [0.1, 0.15) is 44.2 Å². The van der Waals surface area contributed by atoms with Gasteiger partial charge in [-0.2, -0.15) is 0 Å². The molecule has 38 heavy (non-hydrogen) atoms. The van der Waals surface area contributed by atoms with Crippen molar-refractivity contribution in [2.45, 2.75) is 51.8 Å². The molecule has 3 atom stereocenters. The third-order valence-electron chi connectivity index (χ3n) is 5.63. The fourth-order valence-corrected chi connectivity index (χ4v) is 3.68. The number of esters is 1. The molecule has 0 radical (unpaired) electrons. The number of aliphatic carboxylic acids is 1. The second-order valence-electron chi connectivity index (χ2n) is 8.72. The molecule has 0 fully saturated rings. The van der Waals surface area contributed by atoms with Crippen LogP contribution in [-0.2, 0) is 30.5 Å². The summed E-state index contributed by atoms with van der Waals surface area (Å²) in [6.07, 6.45) is -1.28. The van der Waals surface area contributed by atoms with Crippen LogP contribution < -0.4 is 10.6 Å². The first-order chi connectivity index (χ1) is 18.0. The molecule has 2 aromatic rings. The van der Waals surface area contributed by atoms with E-state index in [1.165, 1.54) is 24.3 Å². The summed E-state index contributed by atoms with van der Waals surface area (Å²) in [6.45, 7) is 4.93. The number of nitrogens with zero attached hydrogens (tertiary/aromatic N) is 1. The Balaban J connectivity index is 2.23. The standard InChI is InChI=1S/C26H31N3O9/c1-4-37-21(30)14-20(18-10-12-19(13-11-18)29(35)36)23(25(32)33)27-24(31)22(16(2)3)28-26(34)38-15-17-8-6-5-7-9-17/h5-13,16,20,22-23H,4,14-15H2,1-3H3,(H,27,31)(H,28,34)(H,32,33)/t20-,22-,23+/m1/s1. The summed E-state index contributed by atoms with van der Waals surface area (Å²) >= 11 is 0. The second kappa shape index (κ2) is 14.3. The molecular formula is C26H31N3O9. The van der Waals surface area contributed by atoms with Crippen LogP contribution in [0, 0.1) is 16.0 Å². The number of carboxylic acids is 1. The van der Waals surface area contributed by atoms with E-state index in [1.807, 2.05) is 6.07 Å². The van der Waals surface area contributed by atoms with Gasteiger partial charge in [-0.25, -0.2) is 9.59 Å². The number of carbonyl (C=O) groups excluding carboxylic acids is 3. The highest BCUT2D eigenvalue weighted by atomic mass is 16.6. The van der Waals surface area contributed by atoms with Gasteiger partial charge < -0.3 is 25.2 Å². The van der Waals surface area contributed by atoms with E-state index in [0.717, 1.165) is 5.56 Å². The van der Waals surface area contributed by atoms with Crippen molar-refractivity contribution >= 4 is 29.6 Å². The van der Waals surface area contributed by atoms with Gasteiger partial charge in [0.2, 0.25) is 5.91 Å². The zero-order valence-electron chi connectivity index (χ0n) is 21.3. The number of carbonyl (C=O) groups is 4. The number of amides is 2. The maximum atomic E-state index is 13.1. The topological polar surface area (TPSA) is 174 Å². The van der Waals surface area contributed by atoms with Crippen LogP contribution in [0.4, 0.5) is 10.5 Å². The zero-order chi connectivity index (χ0) is 28.2. The number of alkyl carbamates (subject to hydrolysis) is 1. The third-order valence-corrected chi connectivity index (χ3v) is 5.63. The first kappa shape index (κ1) is 29.7. The largest absolute Gasteiger partial charge is 0.480 e. The summed E-state index contributed by atoms with van der Waals surface area (Å²) in [5.74, 6) is -4.52. The summed E-state index contributed by atoms with van der Waals surface area (Å²) in [5, 5.41) is 25.9. The van der Waals surface area contributed by atoms with E-state index in [1.54, 1.807) is 45.0 Å². The van der Waals surface area contributed by atoms with Crippen LogP contribution in [0.15, 0.2) is 54.6 Å². The van der Waals surface area contributed by atoms with Gasteiger partial charge in [-0.05, 0) is 24.0 Å². The Hall–Kier alpha value is -4.48. The number of nitro groups is 1. The Morgan fingerprint density at radius 2 is 1.58 bits per heavy atom. The Kier molecular flexibility index (Phi) is 11.2. The zero-order valence-corrected chi connectivity index (χ0v) is 21.3. The molecule has 0 aliphatic rings. The smallest absolute Gasteiger partial charge is 0.408 e. The van der Waals surface area contributed by atoms with Gasteiger partial charge in [-0.15, -0.1) is 0 Å². The summed E-state index contributed by atoms with van der Waals surface area (Å²) in [4.78, 5) is 60.5. The molecule has 3 N–H and O–H groups in total. The number of non-ortho nitro benzene ring substituents is 1. The molecule has 2 rings (SSSR count). The minimum atomic E-state index is -1.61. The number of nitro benzene ring substituents is 1. The molecule has 12 heteroatoms. The fourth-order valence-electron chi connectivity index (χ4n) is 3.68. The van der Waals surface area contributed by atoms with Gasteiger partial charge in [0.25, 0.3) is 5.69 Å². The minimum absolute atomic E-state index is 0.0292. The molecule has 2 amide bonds. The Labute approximate surface area is 219 Å². The molecular weight excluding hydrogens is 498 g/mol. The van der Waals surface area contributed by atoms with Crippen LogP contribution in [-0.4, -0.2) is 52.7 Å². The molecule has 12 nitrogen and oxygen atoms in total. The highest BCUT2D eigenvalue weighted by Gasteiger charge is 2.36. The van der Waals surface area contributed by atoms with E-state index in [0.29, 0.717) is 0 Å². The van der Waals surface area contributed by atoms with E-state index in [9.17, 15) is 34.4 Å². The molecule has 0 unspecified atom stereocenters. The van der Waals surface area contributed by atoms with E-state index in [2.05, 4.69) is 10.6 Å². The van der Waals surface area contributed by atoms with E-state index < -0.39 is 59.2 Å². The van der Waals surface area contributed by atoms with Gasteiger partial charge in [-0.1, -0.05) is 56.3 Å². The summed E-state index contributed by atoms with van der Waals surface area (Å²) < 4.78 is 10.1. The Morgan fingerprint density at radius 3 is 2.11 bits per heavy atom. The SMILES string of the molecule is CCOC(=O)C[C@H](c1ccc([N+](=O)[O-])cc1)[C@H](NC(=O)[C@H](NC(=O)OCc1ccccc1)C(C)C)C(=O)O. The van der Waals surface area contributed by atoms with Gasteiger partial charge >= 0.3 is 18.0 Å². The van der Waals surface area contributed by atoms with E-state index in [4.69, 9.17) is 9.47 Å². The molecule has 0 heterocycles. The Morgan fingerprint density at radius 1 is 0.947 bits per heavy atom. The number of hydrogen-bond acceptors (Lipinski definition) is 8. The molecule has 0 aliphatic heterocycles. The van der Waals surface area contributed by atoms with Crippen molar-refractivity contribution < 1.29 is 38.7 Å². The van der Waals surface area contributed by atoms with Crippen LogP contribution in [0.3, 0.4) is 0 Å². The van der Waals surface area contributed by atoms with Crippen molar-refractivity contribution in [2.75, 3.05) is 6.61 Å². The molecule has 2 aromatic carbocycles. The van der Waals surface area contributed by atoms with Crippen LogP contribution in [0.5, 0.6) is 0 Å². The molecule has 0 bridgehead atoms. The molecule has 204 valence electrons. The lowest BCUT2D eigenvalue weighted by molar-refractivity contribution is -0.384. The quantitative estimate of drug-likeness (QED) is 0.200. The molecule has 0 saturated carbocycles. The fraction of sp³-hybridized carbons (Fsp3) is 0.385. The van der Waals surface area contributed by atoms with Gasteiger partial charge in [0.15, 0.2) is 0 Å². The van der Waals surface area contributed by atoms with Crippen LogP contribution in [0.2, 0.25) is 0 Å². The lowest BCUT2D eigenvalue weighted by Gasteiger charge is -2.28. The number of nitrogens with one attached hydrogen (secondary N) is 2. The number of hydrogen-bond donors (Lipinski definition) is 3. The minimum Gasteiger partial charge on any atom is -0.480 e. The number of ether oxygens (including phenoxy) is 2. The monoisotopic (exact) mass is 529 g/mol. The van der Waals surface area contributed by atoms with Gasteiger partial charge in [0.1, 0.15) is 18.7 Å². The van der Waals surface area contributed by atoms with Crippen LogP contribution >= 0.6 is 0 Å². The lowest BCUT2D eigenvalue weighted by atomic mass is 9.87. The second-order valence-corrected chi connectivity index (χ2v) is 8.72. The van der Waals surface area contributed by atoms with Crippen LogP contribution in [0.25, 0.3) is 0 Å². The maximum Gasteiger partial charge on any atom is 0.408 e. The molecule has 0 aromatic heterocycles. The predicted octanol–water partition coefficient (Wildman–Crippen LogP) is 3.15. The van der Waals surface area contributed by atoms with Crippen molar-refractivity contribution in [1.82, 2.24) is 10.6 Å². The normalized spacial score (nSPS) is 13.1. The molecule has 0 spiro atoms. The average Bonchev–Trinajstić information content (AvgIpc) is 2.88. The predicted molar refractivity (Wildman–Crippen MR) is 135 cm³/mol. The molecule has 0 saturated heterocycles. The highest BCUT2D eigenvalue weighted by molar-refractivity contribution is 5.90. The third kappa shape index (κ3) is 8.87. The maximum absolute atomic E-state index is 13.1. The van der Waals surface area contributed by atoms with Crippen molar-refractivity contribution in [3.63, 3.8) is 0 Å². The van der Waals surface area contributed by atoms with Gasteiger partial charge in [0, 0.05) is 18.1 Å². The summed E-state index contributed by atoms with van der Waals surface area (Å²) in [7, 11) is 0. The number of rotatable bonds is 13.